The summed E-state index contributed by atoms with van der Waals surface area (Å²) < 4.78 is 0. The van der Waals surface area contributed by atoms with Gasteiger partial charge in [-0.3, -0.25) is 0 Å². The second kappa shape index (κ2) is 5.76. The van der Waals surface area contributed by atoms with E-state index >= 15 is 0 Å². The quantitative estimate of drug-likeness (QED) is 0.339. The predicted octanol–water partition coefficient (Wildman–Crippen LogP) is 8.38. The Bertz CT molecular complexity index is 389. The molecule has 0 aromatic rings. The predicted molar refractivity (Wildman–Crippen MR) is 122 cm³/mol. The van der Waals surface area contributed by atoms with Gasteiger partial charge in [-0.1, -0.05) is 88.5 Å². The maximum Gasteiger partial charge on any atom is 0.270 e. The van der Waals surface area contributed by atoms with Crippen molar-refractivity contribution >= 4 is 24.2 Å². The third kappa shape index (κ3) is 3.38. The molecule has 1 aliphatic carbocycles. The monoisotopic (exact) mass is 383 g/mol. The smallest absolute Gasteiger partial charge is 0.0648 e. The first kappa shape index (κ1) is 22.6. The van der Waals surface area contributed by atoms with Crippen LogP contribution in [0.25, 0.3) is 0 Å². The van der Waals surface area contributed by atoms with E-state index in [4.69, 9.17) is 0 Å². The third-order valence-corrected chi connectivity index (χ3v) is 27.8. The first-order valence-electron chi connectivity index (χ1n) is 9.99. The van der Waals surface area contributed by atoms with Crippen molar-refractivity contribution in [2.45, 2.75) is 128 Å². The van der Waals surface area contributed by atoms with Gasteiger partial charge in [0.2, 0.25) is 0 Å². The van der Waals surface area contributed by atoms with E-state index in [1.54, 1.807) is 0 Å². The zero-order valence-corrected chi connectivity index (χ0v) is 22.7. The van der Waals surface area contributed by atoms with Crippen LogP contribution in [0.3, 0.4) is 0 Å². The van der Waals surface area contributed by atoms with Crippen molar-refractivity contribution in [3.05, 3.63) is 5.54 Å². The summed E-state index contributed by atoms with van der Waals surface area (Å²) in [4.78, 5) is 0. The van der Waals surface area contributed by atoms with Crippen molar-refractivity contribution in [2.24, 2.45) is 0 Å². The van der Waals surface area contributed by atoms with Crippen molar-refractivity contribution in [3.8, 4) is 0 Å². The molecule has 1 rings (SSSR count). The molecule has 2 unspecified atom stereocenters. The molecule has 0 aliphatic heterocycles. The van der Waals surface area contributed by atoms with Gasteiger partial charge in [0.15, 0.2) is 0 Å². The van der Waals surface area contributed by atoms with Crippen molar-refractivity contribution in [1.29, 1.82) is 0 Å². The van der Waals surface area contributed by atoms with Gasteiger partial charge in [0, 0.05) is 5.54 Å². The van der Waals surface area contributed by atoms with E-state index in [1.165, 1.54) is 0 Å². The van der Waals surface area contributed by atoms with Gasteiger partial charge in [-0.15, -0.1) is 0 Å². The molecule has 0 aromatic carbocycles. The summed E-state index contributed by atoms with van der Waals surface area (Å²) in [5.74, 6) is 0. The number of hydrogen-bond acceptors (Lipinski definition) is 0. The van der Waals surface area contributed by atoms with Crippen LogP contribution in [0.5, 0.6) is 0 Å². The maximum absolute atomic E-state index is 2.69. The van der Waals surface area contributed by atoms with Crippen LogP contribution in [-0.4, -0.2) is 24.2 Å². The normalized spacial score (nSPS) is 24.4. The van der Waals surface area contributed by atoms with Gasteiger partial charge in [0.1, 0.15) is 27.2 Å². The van der Waals surface area contributed by atoms with Gasteiger partial charge >= 0.3 is 0 Å². The molecule has 1 saturated carbocycles. The Labute approximate surface area is 157 Å². The topological polar surface area (TPSA) is 0 Å². The molecular formula is C21H47Si3+. The summed E-state index contributed by atoms with van der Waals surface area (Å²) in [7, 11) is -4.07. The van der Waals surface area contributed by atoms with Crippen molar-refractivity contribution < 1.29 is 0 Å². The van der Waals surface area contributed by atoms with E-state index in [9.17, 15) is 0 Å². The molecule has 0 N–H and O–H groups in total. The molecule has 142 valence electrons. The SMILES string of the molecule is CC(C)(C)[Si](C)(C)[C+]1C([Si](C)(C)C(C)(C)C)C1[Si](C)(C)C(C)(C)C. The molecule has 0 nitrogen and oxygen atoms in total. The molecule has 0 spiro atoms. The minimum absolute atomic E-state index is 0.472. The van der Waals surface area contributed by atoms with E-state index in [0.29, 0.717) is 15.1 Å². The minimum Gasteiger partial charge on any atom is -0.0648 e. The molecular weight excluding hydrogens is 336 g/mol. The molecule has 0 saturated heterocycles. The van der Waals surface area contributed by atoms with Crippen LogP contribution in [0, 0.1) is 5.54 Å². The van der Waals surface area contributed by atoms with Crippen molar-refractivity contribution in [1.82, 2.24) is 0 Å². The molecule has 3 heteroatoms. The Kier molecular flexibility index (Phi) is 5.41. The first-order valence-corrected chi connectivity index (χ1v) is 19.1. The summed E-state index contributed by atoms with van der Waals surface area (Å²) in [5, 5.41) is 1.45. The van der Waals surface area contributed by atoms with E-state index in [1.807, 2.05) is 0 Å². The zero-order valence-electron chi connectivity index (χ0n) is 19.7. The molecule has 2 atom stereocenters. The van der Waals surface area contributed by atoms with E-state index in [-0.39, 0.29) is 0 Å². The summed E-state index contributed by atoms with van der Waals surface area (Å²) in [6, 6.07) is 0. The molecule has 24 heavy (non-hydrogen) atoms. The highest BCUT2D eigenvalue weighted by Crippen LogP contribution is 2.78. The third-order valence-electron chi connectivity index (χ3n) is 8.91. The second-order valence-electron chi connectivity index (χ2n) is 13.2. The Hall–Kier alpha value is 0.521. The first-order chi connectivity index (χ1) is 10.1. The lowest BCUT2D eigenvalue weighted by atomic mass is 10.2. The Morgan fingerprint density at radius 2 is 0.750 bits per heavy atom. The van der Waals surface area contributed by atoms with E-state index < -0.39 is 24.2 Å². The fourth-order valence-electron chi connectivity index (χ4n) is 4.02. The molecule has 0 radical (unpaired) electrons. The summed E-state index contributed by atoms with van der Waals surface area (Å²) >= 11 is 0. The van der Waals surface area contributed by atoms with Crippen LogP contribution in [0.4, 0.5) is 0 Å². The van der Waals surface area contributed by atoms with Crippen LogP contribution in [-0.2, 0) is 0 Å². The Morgan fingerprint density at radius 3 is 0.917 bits per heavy atom. The fraction of sp³-hybridized carbons (Fsp3) is 0.952. The Balaban J connectivity index is 3.46. The molecule has 1 aliphatic rings. The average molecular weight is 384 g/mol. The van der Waals surface area contributed by atoms with Crippen LogP contribution < -0.4 is 0 Å². The summed E-state index contributed by atoms with van der Waals surface area (Å²) in [6.07, 6.45) is 0. The standard InChI is InChI=1S/C21H47Si3/c1-19(2,3)22(10,11)16-17(23(12,13)20(4,5)6)18(16)24(14,15)21(7,8)9/h16-17H,1-15H3/q+1. The van der Waals surface area contributed by atoms with Gasteiger partial charge in [-0.2, -0.15) is 0 Å². The van der Waals surface area contributed by atoms with E-state index in [0.717, 1.165) is 11.1 Å². The number of rotatable bonds is 3. The van der Waals surface area contributed by atoms with Gasteiger partial charge in [0.05, 0.1) is 0 Å². The zero-order chi connectivity index (χ0) is 19.7. The van der Waals surface area contributed by atoms with Crippen molar-refractivity contribution in [3.63, 3.8) is 0 Å². The Morgan fingerprint density at radius 1 is 0.500 bits per heavy atom. The second-order valence-corrected chi connectivity index (χ2v) is 29.7. The lowest BCUT2D eigenvalue weighted by molar-refractivity contribution is 0.701. The van der Waals surface area contributed by atoms with Gasteiger partial charge < -0.3 is 0 Å². The van der Waals surface area contributed by atoms with Gasteiger partial charge in [0.25, 0.3) is 8.07 Å². The summed E-state index contributed by atoms with van der Waals surface area (Å²) in [5.41, 5.74) is 4.03. The fourth-order valence-corrected chi connectivity index (χ4v) is 19.6. The van der Waals surface area contributed by atoms with Crippen molar-refractivity contribution in [2.75, 3.05) is 0 Å². The van der Waals surface area contributed by atoms with Crippen LogP contribution >= 0.6 is 0 Å². The summed E-state index contributed by atoms with van der Waals surface area (Å²) in [6.45, 7) is 38.8. The highest BCUT2D eigenvalue weighted by atomic mass is 28.3. The maximum atomic E-state index is 2.69. The number of hydrogen-bond donors (Lipinski definition) is 0. The average Bonchev–Trinajstić information content (AvgIpc) is 3.00. The molecule has 0 bridgehead atoms. The minimum atomic E-state index is -1.39. The largest absolute Gasteiger partial charge is 0.270 e. The molecule has 1 fully saturated rings. The van der Waals surface area contributed by atoms with Gasteiger partial charge in [-0.05, 0) is 28.2 Å². The van der Waals surface area contributed by atoms with Crippen LogP contribution in [0.15, 0.2) is 0 Å². The highest BCUT2D eigenvalue weighted by molar-refractivity contribution is 6.99. The highest BCUT2D eigenvalue weighted by Gasteiger charge is 2.82. The molecule has 0 amide bonds. The lowest BCUT2D eigenvalue weighted by Crippen LogP contribution is -2.44. The van der Waals surface area contributed by atoms with Crippen LogP contribution in [0.2, 0.25) is 65.5 Å². The lowest BCUT2D eigenvalue weighted by Gasteiger charge is -2.38. The van der Waals surface area contributed by atoms with Crippen LogP contribution in [0.1, 0.15) is 62.3 Å². The molecule has 0 heterocycles. The van der Waals surface area contributed by atoms with E-state index in [2.05, 4.69) is 107 Å². The van der Waals surface area contributed by atoms with Gasteiger partial charge in [-0.25, -0.2) is 0 Å². The molecule has 0 aromatic heterocycles.